The zero-order valence-corrected chi connectivity index (χ0v) is 12.1. The minimum atomic E-state index is -0.457. The minimum absolute atomic E-state index is 0.112. The lowest BCUT2D eigenvalue weighted by molar-refractivity contribution is 0.0997. The Balaban J connectivity index is 1.88. The van der Waals surface area contributed by atoms with E-state index >= 15 is 0 Å². The quantitative estimate of drug-likeness (QED) is 0.939. The molecule has 2 aromatic rings. The van der Waals surface area contributed by atoms with E-state index in [9.17, 15) is 4.79 Å². The van der Waals surface area contributed by atoms with Gasteiger partial charge in [-0.05, 0) is 38.2 Å². The molecule has 1 atom stereocenters. The van der Waals surface area contributed by atoms with Crippen molar-refractivity contribution in [3.05, 3.63) is 53.0 Å². The third kappa shape index (κ3) is 2.78. The molecule has 1 aromatic heterocycles. The molecule has 0 aliphatic carbocycles. The number of furan rings is 1. The van der Waals surface area contributed by atoms with E-state index in [1.54, 1.807) is 18.2 Å². The average molecular weight is 286 g/mol. The summed E-state index contributed by atoms with van der Waals surface area (Å²) in [5, 5.41) is 0. The molecule has 0 fully saturated rings. The molecule has 5 heteroatoms. The summed E-state index contributed by atoms with van der Waals surface area (Å²) in [6.07, 6.45) is -0.112. The van der Waals surface area contributed by atoms with Crippen LogP contribution in [0.3, 0.4) is 0 Å². The number of primary amides is 1. The number of rotatable bonds is 3. The summed E-state index contributed by atoms with van der Waals surface area (Å²) >= 11 is 0. The van der Waals surface area contributed by atoms with Gasteiger partial charge < -0.3 is 14.9 Å². The van der Waals surface area contributed by atoms with Crippen LogP contribution in [0, 0.1) is 6.92 Å². The van der Waals surface area contributed by atoms with Crippen molar-refractivity contribution in [3.8, 4) is 5.75 Å². The van der Waals surface area contributed by atoms with E-state index in [1.165, 1.54) is 0 Å². The second-order valence-corrected chi connectivity index (χ2v) is 5.43. The number of aryl methyl sites for hydroxylation is 1. The Bertz CT molecular complexity index is 678. The number of nitrogens with two attached hydrogens (primary N) is 1. The highest BCUT2D eigenvalue weighted by molar-refractivity contribution is 5.93. The molecule has 0 bridgehead atoms. The summed E-state index contributed by atoms with van der Waals surface area (Å²) in [5.41, 5.74) is 6.82. The molecule has 1 aliphatic heterocycles. The Labute approximate surface area is 123 Å². The largest absolute Gasteiger partial charge is 0.484 e. The molecule has 21 heavy (non-hydrogen) atoms. The van der Waals surface area contributed by atoms with Crippen molar-refractivity contribution in [1.82, 2.24) is 4.90 Å². The van der Waals surface area contributed by atoms with Gasteiger partial charge in [-0.25, -0.2) is 0 Å². The molecule has 0 radical (unpaired) electrons. The van der Waals surface area contributed by atoms with Crippen LogP contribution in [0.1, 0.15) is 33.5 Å². The van der Waals surface area contributed by atoms with Gasteiger partial charge >= 0.3 is 0 Å². The number of hydrogen-bond acceptors (Lipinski definition) is 4. The number of ether oxygens (including phenoxy) is 1. The Kier molecular flexibility index (Phi) is 3.43. The molecule has 110 valence electrons. The fourth-order valence-electron chi connectivity index (χ4n) is 2.66. The standard InChI is InChI=1S/C16H18N2O3/c1-10-6-13-14(20-10)8-18(2)9-15(13)21-12-5-3-4-11(7-12)16(17)19/h3-7,15H,8-9H2,1-2H3,(H2,17,19). The van der Waals surface area contributed by atoms with Gasteiger partial charge in [0.15, 0.2) is 0 Å². The number of likely N-dealkylation sites (N-methyl/N-ethyl adjacent to an activating group) is 1. The second kappa shape index (κ2) is 5.26. The molecule has 3 rings (SSSR count). The van der Waals surface area contributed by atoms with Gasteiger partial charge in [-0.2, -0.15) is 0 Å². The zero-order valence-electron chi connectivity index (χ0n) is 12.1. The normalized spacial score (nSPS) is 18.3. The van der Waals surface area contributed by atoms with Crippen molar-refractivity contribution >= 4 is 5.91 Å². The second-order valence-electron chi connectivity index (χ2n) is 5.43. The van der Waals surface area contributed by atoms with E-state index in [4.69, 9.17) is 14.9 Å². The molecule has 0 spiro atoms. The highest BCUT2D eigenvalue weighted by Crippen LogP contribution is 2.32. The first-order valence-corrected chi connectivity index (χ1v) is 6.87. The molecule has 1 unspecified atom stereocenters. The maximum Gasteiger partial charge on any atom is 0.248 e. The predicted molar refractivity (Wildman–Crippen MR) is 78.1 cm³/mol. The molecule has 0 saturated heterocycles. The molecule has 2 heterocycles. The fraction of sp³-hybridized carbons (Fsp3) is 0.312. The molecule has 0 saturated carbocycles. The zero-order chi connectivity index (χ0) is 15.0. The molecule has 5 nitrogen and oxygen atoms in total. The van der Waals surface area contributed by atoms with Gasteiger partial charge in [0.2, 0.25) is 5.91 Å². The van der Waals surface area contributed by atoms with Crippen molar-refractivity contribution < 1.29 is 13.9 Å². The van der Waals surface area contributed by atoms with E-state index in [-0.39, 0.29) is 6.10 Å². The maximum absolute atomic E-state index is 11.2. The van der Waals surface area contributed by atoms with Crippen LogP contribution >= 0.6 is 0 Å². The monoisotopic (exact) mass is 286 g/mol. The summed E-state index contributed by atoms with van der Waals surface area (Å²) < 4.78 is 11.8. The SMILES string of the molecule is Cc1cc2c(o1)CN(C)CC2Oc1cccc(C(N)=O)c1. The highest BCUT2D eigenvalue weighted by atomic mass is 16.5. The van der Waals surface area contributed by atoms with Crippen LogP contribution in [0.2, 0.25) is 0 Å². The van der Waals surface area contributed by atoms with Gasteiger partial charge in [0.25, 0.3) is 0 Å². The van der Waals surface area contributed by atoms with Gasteiger partial charge in [-0.15, -0.1) is 0 Å². The van der Waals surface area contributed by atoms with Crippen LogP contribution in [-0.4, -0.2) is 24.4 Å². The van der Waals surface area contributed by atoms with E-state index in [0.717, 1.165) is 30.2 Å². The Morgan fingerprint density at radius 2 is 2.24 bits per heavy atom. The topological polar surface area (TPSA) is 68.7 Å². The van der Waals surface area contributed by atoms with E-state index in [2.05, 4.69) is 4.90 Å². The van der Waals surface area contributed by atoms with E-state index < -0.39 is 5.91 Å². The molecule has 1 aliphatic rings. The summed E-state index contributed by atoms with van der Waals surface area (Å²) in [6.45, 7) is 3.49. The first kappa shape index (κ1) is 13.7. The smallest absolute Gasteiger partial charge is 0.248 e. The summed E-state index contributed by atoms with van der Waals surface area (Å²) in [4.78, 5) is 13.4. The lowest BCUT2D eigenvalue weighted by Gasteiger charge is -2.29. The third-order valence-electron chi connectivity index (χ3n) is 3.60. The van der Waals surface area contributed by atoms with Crippen molar-refractivity contribution in [2.75, 3.05) is 13.6 Å². The van der Waals surface area contributed by atoms with Crippen molar-refractivity contribution in [2.24, 2.45) is 5.73 Å². The number of carbonyl (C=O) groups is 1. The number of hydrogen-bond donors (Lipinski definition) is 1. The van der Waals surface area contributed by atoms with Crippen LogP contribution < -0.4 is 10.5 Å². The summed E-state index contributed by atoms with van der Waals surface area (Å²) in [7, 11) is 2.02. The van der Waals surface area contributed by atoms with Gasteiger partial charge in [-0.1, -0.05) is 6.07 Å². The minimum Gasteiger partial charge on any atom is -0.484 e. The van der Waals surface area contributed by atoms with Crippen LogP contribution in [0.4, 0.5) is 0 Å². The van der Waals surface area contributed by atoms with Gasteiger partial charge in [-0.3, -0.25) is 9.69 Å². The van der Waals surface area contributed by atoms with Crippen molar-refractivity contribution in [3.63, 3.8) is 0 Å². The molecule has 1 aromatic carbocycles. The van der Waals surface area contributed by atoms with Crippen molar-refractivity contribution in [1.29, 1.82) is 0 Å². The van der Waals surface area contributed by atoms with Gasteiger partial charge in [0.1, 0.15) is 23.4 Å². The van der Waals surface area contributed by atoms with E-state index in [0.29, 0.717) is 11.3 Å². The van der Waals surface area contributed by atoms with Gasteiger partial charge in [0, 0.05) is 17.7 Å². The van der Waals surface area contributed by atoms with Crippen LogP contribution in [0.25, 0.3) is 0 Å². The van der Waals surface area contributed by atoms with Crippen LogP contribution in [0.15, 0.2) is 34.7 Å². The molecule has 2 N–H and O–H groups in total. The van der Waals surface area contributed by atoms with Gasteiger partial charge in [0.05, 0.1) is 6.54 Å². The fourth-order valence-corrected chi connectivity index (χ4v) is 2.66. The first-order valence-electron chi connectivity index (χ1n) is 6.87. The van der Waals surface area contributed by atoms with Crippen LogP contribution in [-0.2, 0) is 6.54 Å². The van der Waals surface area contributed by atoms with E-state index in [1.807, 2.05) is 26.1 Å². The Morgan fingerprint density at radius 3 is 3.00 bits per heavy atom. The number of carbonyl (C=O) groups excluding carboxylic acids is 1. The lowest BCUT2D eigenvalue weighted by atomic mass is 10.0. The summed E-state index contributed by atoms with van der Waals surface area (Å²) in [6, 6.07) is 8.96. The summed E-state index contributed by atoms with van der Waals surface area (Å²) in [5.74, 6) is 2.00. The Morgan fingerprint density at radius 1 is 1.43 bits per heavy atom. The maximum atomic E-state index is 11.2. The van der Waals surface area contributed by atoms with Crippen LogP contribution in [0.5, 0.6) is 5.75 Å². The molecular formula is C16H18N2O3. The van der Waals surface area contributed by atoms with Crippen molar-refractivity contribution in [2.45, 2.75) is 19.6 Å². The number of amides is 1. The average Bonchev–Trinajstić information content (AvgIpc) is 2.79. The first-order chi connectivity index (χ1) is 10.0. The molecule has 1 amide bonds. The Hall–Kier alpha value is -2.27. The lowest BCUT2D eigenvalue weighted by Crippen LogP contribution is -2.32. The molecular weight excluding hydrogens is 268 g/mol. The number of benzene rings is 1. The highest BCUT2D eigenvalue weighted by Gasteiger charge is 2.28. The number of fused-ring (bicyclic) bond motifs is 1. The number of nitrogens with zero attached hydrogens (tertiary/aromatic N) is 1. The predicted octanol–water partition coefficient (Wildman–Crippen LogP) is 2.25. The third-order valence-corrected chi connectivity index (χ3v) is 3.60.